The maximum atomic E-state index is 11.7. The minimum atomic E-state index is -0.926. The number of nitrogens with one attached hydrogen (secondary N) is 1. The molecule has 0 bridgehead atoms. The Morgan fingerprint density at radius 1 is 1.30 bits per heavy atom. The fourth-order valence-corrected chi connectivity index (χ4v) is 3.65. The van der Waals surface area contributed by atoms with Crippen LogP contribution in [-0.2, 0) is 9.47 Å². The second kappa shape index (κ2) is 5.22. The molecule has 2 aromatic rings. The van der Waals surface area contributed by atoms with Gasteiger partial charge in [0.05, 0.1) is 13.2 Å². The molecule has 5 heteroatoms. The first kappa shape index (κ1) is 14.5. The van der Waals surface area contributed by atoms with E-state index in [-0.39, 0.29) is 5.69 Å². The number of para-hydroxylation sites is 1. The third kappa shape index (κ3) is 2.28. The summed E-state index contributed by atoms with van der Waals surface area (Å²) in [5, 5.41) is 10.6. The molecule has 1 saturated heterocycles. The molecule has 23 heavy (non-hydrogen) atoms. The second-order valence-corrected chi connectivity index (χ2v) is 6.22. The lowest BCUT2D eigenvalue weighted by Crippen LogP contribution is -2.31. The van der Waals surface area contributed by atoms with Gasteiger partial charge in [0.1, 0.15) is 5.69 Å². The number of aryl methyl sites for hydroxylation is 1. The lowest BCUT2D eigenvalue weighted by Gasteiger charge is -2.30. The number of carboxylic acids is 1. The third-order valence-electron chi connectivity index (χ3n) is 4.83. The van der Waals surface area contributed by atoms with Crippen LogP contribution in [-0.4, -0.2) is 35.1 Å². The molecule has 2 heterocycles. The summed E-state index contributed by atoms with van der Waals surface area (Å²) in [6.45, 7) is 3.25. The van der Waals surface area contributed by atoms with Gasteiger partial charge < -0.3 is 19.6 Å². The zero-order valence-corrected chi connectivity index (χ0v) is 13.0. The van der Waals surface area contributed by atoms with Crippen molar-refractivity contribution in [2.45, 2.75) is 32.0 Å². The Labute approximate surface area is 133 Å². The zero-order chi connectivity index (χ0) is 16.0. The highest BCUT2D eigenvalue weighted by Gasteiger charge is 2.38. The number of aromatic amines is 1. The molecule has 1 spiro atoms. The van der Waals surface area contributed by atoms with Gasteiger partial charge in [-0.3, -0.25) is 0 Å². The lowest BCUT2D eigenvalue weighted by molar-refractivity contribution is -0.159. The minimum absolute atomic E-state index is 0.268. The molecule has 0 unspecified atom stereocenters. The first-order chi connectivity index (χ1) is 11.1. The predicted octanol–water partition coefficient (Wildman–Crippen LogP) is 3.48. The number of rotatable bonds is 2. The number of carboxylic acid groups (broad SMARTS) is 1. The molecule has 2 N–H and O–H groups in total. The maximum absolute atomic E-state index is 11.7. The SMILES string of the molecule is Cc1cccc2c(C3=CCC4(CC3)OCCO4)c(C(=O)O)[nH]c12. The largest absolute Gasteiger partial charge is 0.477 e. The Hall–Kier alpha value is -2.11. The van der Waals surface area contributed by atoms with Gasteiger partial charge in [-0.15, -0.1) is 0 Å². The van der Waals surface area contributed by atoms with Gasteiger partial charge in [0, 0.05) is 29.3 Å². The molecule has 1 aliphatic carbocycles. The van der Waals surface area contributed by atoms with Crippen molar-refractivity contribution in [2.24, 2.45) is 0 Å². The van der Waals surface area contributed by atoms with E-state index in [0.29, 0.717) is 19.6 Å². The molecule has 2 aliphatic rings. The molecule has 1 fully saturated rings. The van der Waals surface area contributed by atoms with Gasteiger partial charge in [0.15, 0.2) is 5.79 Å². The monoisotopic (exact) mass is 313 g/mol. The van der Waals surface area contributed by atoms with Crippen molar-refractivity contribution in [1.82, 2.24) is 4.98 Å². The first-order valence-electron chi connectivity index (χ1n) is 7.91. The van der Waals surface area contributed by atoms with E-state index < -0.39 is 11.8 Å². The van der Waals surface area contributed by atoms with Crippen molar-refractivity contribution in [2.75, 3.05) is 13.2 Å². The number of aromatic nitrogens is 1. The molecule has 1 aromatic carbocycles. The maximum Gasteiger partial charge on any atom is 0.352 e. The highest BCUT2D eigenvalue weighted by Crippen LogP contribution is 2.41. The quantitative estimate of drug-likeness (QED) is 0.890. The van der Waals surface area contributed by atoms with Gasteiger partial charge in [0.2, 0.25) is 0 Å². The summed E-state index contributed by atoms with van der Waals surface area (Å²) in [5.41, 5.74) is 4.08. The number of fused-ring (bicyclic) bond motifs is 1. The average molecular weight is 313 g/mol. The number of hydrogen-bond donors (Lipinski definition) is 2. The summed E-state index contributed by atoms with van der Waals surface area (Å²) in [4.78, 5) is 14.8. The predicted molar refractivity (Wildman–Crippen MR) is 86.5 cm³/mol. The number of aromatic carboxylic acids is 1. The number of benzene rings is 1. The molecule has 4 rings (SSSR count). The number of carbonyl (C=O) groups is 1. The highest BCUT2D eigenvalue weighted by molar-refractivity contribution is 6.05. The van der Waals surface area contributed by atoms with E-state index in [1.807, 2.05) is 25.1 Å². The summed E-state index contributed by atoms with van der Waals surface area (Å²) in [5.74, 6) is -1.42. The van der Waals surface area contributed by atoms with Crippen LogP contribution in [0.4, 0.5) is 0 Å². The Kier molecular flexibility index (Phi) is 3.28. The Morgan fingerprint density at radius 3 is 2.74 bits per heavy atom. The van der Waals surface area contributed by atoms with Crippen molar-refractivity contribution in [1.29, 1.82) is 0 Å². The van der Waals surface area contributed by atoms with Crippen molar-refractivity contribution >= 4 is 22.4 Å². The Bertz CT molecular complexity index is 812. The Balaban J connectivity index is 1.82. The van der Waals surface area contributed by atoms with E-state index in [1.165, 1.54) is 0 Å². The van der Waals surface area contributed by atoms with E-state index in [0.717, 1.165) is 40.4 Å². The summed E-state index contributed by atoms with van der Waals surface area (Å²) in [6, 6.07) is 5.93. The van der Waals surface area contributed by atoms with E-state index in [4.69, 9.17) is 9.47 Å². The van der Waals surface area contributed by atoms with Crippen LogP contribution in [0, 0.1) is 6.92 Å². The van der Waals surface area contributed by atoms with Gasteiger partial charge in [-0.05, 0) is 24.5 Å². The van der Waals surface area contributed by atoms with Crippen LogP contribution in [0.5, 0.6) is 0 Å². The third-order valence-corrected chi connectivity index (χ3v) is 4.83. The standard InChI is InChI=1S/C18H19NO4/c1-11-3-2-4-13-14(16(17(20)21)19-15(11)13)12-5-7-18(8-6-12)22-9-10-23-18/h2-5,19H,6-10H2,1H3,(H,20,21). The van der Waals surface area contributed by atoms with Gasteiger partial charge in [0.25, 0.3) is 0 Å². The van der Waals surface area contributed by atoms with Crippen molar-refractivity contribution in [3.05, 3.63) is 41.1 Å². The van der Waals surface area contributed by atoms with E-state index in [9.17, 15) is 9.90 Å². The first-order valence-corrected chi connectivity index (χ1v) is 7.91. The number of allylic oxidation sites excluding steroid dienone is 1. The van der Waals surface area contributed by atoms with Crippen LogP contribution in [0.15, 0.2) is 24.3 Å². The number of hydrogen-bond acceptors (Lipinski definition) is 3. The molecule has 1 aromatic heterocycles. The molecular formula is C18H19NO4. The van der Waals surface area contributed by atoms with Crippen molar-refractivity contribution < 1.29 is 19.4 Å². The van der Waals surface area contributed by atoms with Crippen LogP contribution >= 0.6 is 0 Å². The summed E-state index contributed by atoms with van der Waals surface area (Å²) in [7, 11) is 0. The van der Waals surface area contributed by atoms with E-state index in [2.05, 4.69) is 11.1 Å². The smallest absolute Gasteiger partial charge is 0.352 e. The highest BCUT2D eigenvalue weighted by atomic mass is 16.7. The summed E-state index contributed by atoms with van der Waals surface area (Å²) >= 11 is 0. The fourth-order valence-electron chi connectivity index (χ4n) is 3.65. The van der Waals surface area contributed by atoms with Crippen LogP contribution in [0.2, 0.25) is 0 Å². The van der Waals surface area contributed by atoms with Crippen molar-refractivity contribution in [3.63, 3.8) is 0 Å². The topological polar surface area (TPSA) is 71.6 Å². The molecule has 0 atom stereocenters. The summed E-state index contributed by atoms with van der Waals surface area (Å²) in [6.07, 6.45) is 4.25. The lowest BCUT2D eigenvalue weighted by atomic mass is 9.88. The normalized spacial score (nSPS) is 20.1. The molecular weight excluding hydrogens is 294 g/mol. The van der Waals surface area contributed by atoms with Gasteiger partial charge >= 0.3 is 5.97 Å². The van der Waals surface area contributed by atoms with Crippen LogP contribution in [0.3, 0.4) is 0 Å². The van der Waals surface area contributed by atoms with Crippen LogP contribution < -0.4 is 0 Å². The fraction of sp³-hybridized carbons (Fsp3) is 0.389. The van der Waals surface area contributed by atoms with E-state index >= 15 is 0 Å². The molecule has 0 radical (unpaired) electrons. The second-order valence-electron chi connectivity index (χ2n) is 6.22. The molecule has 0 amide bonds. The molecule has 0 saturated carbocycles. The number of H-pyrrole nitrogens is 1. The molecule has 120 valence electrons. The van der Waals surface area contributed by atoms with Gasteiger partial charge in [-0.2, -0.15) is 0 Å². The van der Waals surface area contributed by atoms with Crippen molar-refractivity contribution in [3.8, 4) is 0 Å². The van der Waals surface area contributed by atoms with Crippen LogP contribution in [0.25, 0.3) is 16.5 Å². The average Bonchev–Trinajstić information content (AvgIpc) is 3.14. The zero-order valence-electron chi connectivity index (χ0n) is 13.0. The van der Waals surface area contributed by atoms with Gasteiger partial charge in [-0.1, -0.05) is 24.3 Å². The Morgan fingerprint density at radius 2 is 2.09 bits per heavy atom. The number of ether oxygens (including phenoxy) is 2. The van der Waals surface area contributed by atoms with Gasteiger partial charge in [-0.25, -0.2) is 4.79 Å². The van der Waals surface area contributed by atoms with E-state index in [1.54, 1.807) is 0 Å². The molecule has 1 aliphatic heterocycles. The van der Waals surface area contributed by atoms with Crippen LogP contribution in [0.1, 0.15) is 40.9 Å². The minimum Gasteiger partial charge on any atom is -0.477 e. The summed E-state index contributed by atoms with van der Waals surface area (Å²) < 4.78 is 11.5. The molecule has 5 nitrogen and oxygen atoms in total.